The summed E-state index contributed by atoms with van der Waals surface area (Å²) in [7, 11) is 0. The number of rotatable bonds is 2. The maximum absolute atomic E-state index is 12.2. The Morgan fingerprint density at radius 3 is 2.80 bits per heavy atom. The Hall–Kier alpha value is -1.76. The second-order valence-corrected chi connectivity index (χ2v) is 4.37. The first-order chi connectivity index (χ1) is 9.54. The minimum Gasteiger partial charge on any atom is -0.856 e. The van der Waals surface area contributed by atoms with Crippen LogP contribution in [0.5, 0.6) is 0 Å². The number of quaternary nitrogens is 1. The van der Waals surface area contributed by atoms with E-state index in [1.54, 1.807) is 0 Å². The highest BCUT2D eigenvalue weighted by Gasteiger charge is 2.47. The molecule has 3 aliphatic heterocycles. The molecule has 3 heterocycles. The number of hydrogen-bond donors (Lipinski definition) is 5. The van der Waals surface area contributed by atoms with Gasteiger partial charge in [-0.05, 0) is 0 Å². The Bertz CT molecular complexity index is 507. The van der Waals surface area contributed by atoms with Gasteiger partial charge in [0.15, 0.2) is 6.23 Å². The second kappa shape index (κ2) is 4.66. The van der Waals surface area contributed by atoms with Crippen LogP contribution in [0.25, 0.3) is 0 Å². The number of oxime groups is 1. The molecule has 0 aromatic heterocycles. The van der Waals surface area contributed by atoms with Crippen molar-refractivity contribution in [2.24, 2.45) is 10.1 Å². The van der Waals surface area contributed by atoms with Gasteiger partial charge in [-0.25, -0.2) is 4.99 Å². The highest BCUT2D eigenvalue weighted by atomic mass is 17.0. The summed E-state index contributed by atoms with van der Waals surface area (Å²) in [6, 6.07) is 0. The molecule has 11 heteroatoms. The van der Waals surface area contributed by atoms with Gasteiger partial charge in [-0.2, -0.15) is 10.1 Å². The van der Waals surface area contributed by atoms with Crippen molar-refractivity contribution in [3.05, 3.63) is 11.6 Å². The van der Waals surface area contributed by atoms with Crippen molar-refractivity contribution >= 4 is 12.2 Å². The maximum atomic E-state index is 12.2. The number of aliphatic hydroxyl groups is 3. The molecule has 0 spiro atoms. The third-order valence-electron chi connectivity index (χ3n) is 3.20. The molecule has 0 amide bonds. The van der Waals surface area contributed by atoms with E-state index >= 15 is 0 Å². The van der Waals surface area contributed by atoms with E-state index in [0.29, 0.717) is 0 Å². The largest absolute Gasteiger partial charge is 0.856 e. The smallest absolute Gasteiger partial charge is 0.269 e. The van der Waals surface area contributed by atoms with Crippen molar-refractivity contribution in [2.45, 2.75) is 24.5 Å². The Balaban J connectivity index is 1.89. The zero-order valence-electron chi connectivity index (χ0n) is 9.95. The van der Waals surface area contributed by atoms with Crippen molar-refractivity contribution < 1.29 is 40.5 Å². The average molecular weight is 288 g/mol. The molecule has 3 aliphatic rings. The lowest BCUT2D eigenvalue weighted by Crippen LogP contribution is -3.05. The first-order valence-electron chi connectivity index (χ1n) is 5.72. The molecule has 0 bridgehead atoms. The summed E-state index contributed by atoms with van der Waals surface area (Å²) in [4.78, 5) is 9.11. The van der Waals surface area contributed by atoms with Crippen LogP contribution in [0, 0.1) is 0 Å². The second-order valence-electron chi connectivity index (χ2n) is 4.37. The molecular weight excluding hydrogens is 276 g/mol. The summed E-state index contributed by atoms with van der Waals surface area (Å²) in [6.45, 7) is -0.516. The molecule has 110 valence electrons. The van der Waals surface area contributed by atoms with Crippen molar-refractivity contribution in [3.63, 3.8) is 0 Å². The number of ether oxygens (including phenoxy) is 1. The van der Waals surface area contributed by atoms with Crippen LogP contribution in [0.2, 0.25) is 0 Å². The number of aliphatic imine (C=N–C) groups is 1. The van der Waals surface area contributed by atoms with Gasteiger partial charge < -0.3 is 30.1 Å². The monoisotopic (exact) mass is 288 g/mol. The Morgan fingerprint density at radius 2 is 2.15 bits per heavy atom. The summed E-state index contributed by atoms with van der Waals surface area (Å²) in [5.41, 5.74) is -0.259. The standard InChI is InChI=1S/C9H12N4O7/c14-1-3-5(15)6(16)9(19-3)12-2-10-7-4(8(12)17)13(18)20-11-7/h2-3,5-6,9,14-18H,1H2/t3-,5+,6+,9+/m0/s1. The first kappa shape index (κ1) is 13.2. The predicted molar refractivity (Wildman–Crippen MR) is 56.4 cm³/mol. The highest BCUT2D eigenvalue weighted by molar-refractivity contribution is 6.02. The summed E-state index contributed by atoms with van der Waals surface area (Å²) >= 11 is 0. The topological polar surface area (TPSA) is 155 Å². The normalized spacial score (nSPS) is 39.9. The number of aliphatic hydroxyl groups excluding tert-OH is 3. The molecule has 1 saturated heterocycles. The number of nitrogens with zero attached hydrogens (tertiary/aromatic N) is 3. The van der Waals surface area contributed by atoms with Gasteiger partial charge in [0, 0.05) is 16.3 Å². The van der Waals surface area contributed by atoms with E-state index < -0.39 is 42.3 Å². The van der Waals surface area contributed by atoms with Gasteiger partial charge in [-0.1, -0.05) is 0 Å². The van der Waals surface area contributed by atoms with Crippen molar-refractivity contribution in [1.29, 1.82) is 0 Å². The molecule has 5 N–H and O–H groups in total. The Kier molecular flexibility index (Phi) is 3.08. The molecule has 3 rings (SSSR count). The van der Waals surface area contributed by atoms with E-state index in [1.165, 1.54) is 0 Å². The van der Waals surface area contributed by atoms with Gasteiger partial charge in [0.25, 0.3) is 11.5 Å². The zero-order valence-corrected chi connectivity index (χ0v) is 9.95. The third-order valence-corrected chi connectivity index (χ3v) is 3.20. The molecule has 0 saturated carbocycles. The number of amidine groups is 1. The van der Waals surface area contributed by atoms with Gasteiger partial charge in [-0.15, -0.1) is 0 Å². The average Bonchev–Trinajstić information content (AvgIpc) is 2.94. The van der Waals surface area contributed by atoms with Crippen LogP contribution in [-0.4, -0.2) is 68.7 Å². The number of hydrogen-bond acceptors (Lipinski definition) is 10. The number of hydroxylamine groups is 2. The molecule has 0 aliphatic carbocycles. The summed E-state index contributed by atoms with van der Waals surface area (Å²) in [6.07, 6.45) is -3.98. The van der Waals surface area contributed by atoms with Gasteiger partial charge in [-0.3, -0.25) is 0 Å². The predicted octanol–water partition coefficient (Wildman–Crippen LogP) is -5.17. The fourth-order valence-electron chi connectivity index (χ4n) is 2.14. The summed E-state index contributed by atoms with van der Waals surface area (Å²) in [5.74, 6) is -0.834. The van der Waals surface area contributed by atoms with Crippen molar-refractivity contribution in [3.8, 4) is 0 Å². The van der Waals surface area contributed by atoms with Crippen LogP contribution in [0.15, 0.2) is 21.7 Å². The number of nitrogens with one attached hydrogen (secondary N) is 1. The molecular formula is C9H12N4O7. The van der Waals surface area contributed by atoms with E-state index in [1.807, 2.05) is 0 Å². The minimum absolute atomic E-state index is 0.0875. The first-order valence-corrected chi connectivity index (χ1v) is 5.72. The Morgan fingerprint density at radius 1 is 1.40 bits per heavy atom. The van der Waals surface area contributed by atoms with E-state index in [9.17, 15) is 20.5 Å². The van der Waals surface area contributed by atoms with Crippen molar-refractivity contribution in [1.82, 2.24) is 4.90 Å². The van der Waals surface area contributed by atoms with Gasteiger partial charge in [0.05, 0.1) is 12.9 Å². The quantitative estimate of drug-likeness (QED) is 0.338. The molecule has 11 nitrogen and oxygen atoms in total. The molecule has 1 unspecified atom stereocenters. The molecule has 20 heavy (non-hydrogen) atoms. The molecule has 5 atom stereocenters. The van der Waals surface area contributed by atoms with Crippen LogP contribution in [0.1, 0.15) is 0 Å². The summed E-state index contributed by atoms with van der Waals surface area (Å²) < 4.78 is 5.21. The van der Waals surface area contributed by atoms with E-state index in [2.05, 4.69) is 15.1 Å². The van der Waals surface area contributed by atoms with Gasteiger partial charge in [0.2, 0.25) is 0 Å². The van der Waals surface area contributed by atoms with Crippen LogP contribution < -0.4 is 10.3 Å². The fraction of sp³-hybridized carbons (Fsp3) is 0.556. The lowest BCUT2D eigenvalue weighted by molar-refractivity contribution is -1.21. The molecule has 1 fully saturated rings. The molecule has 0 radical (unpaired) electrons. The van der Waals surface area contributed by atoms with Gasteiger partial charge >= 0.3 is 0 Å². The zero-order chi connectivity index (χ0) is 14.4. The van der Waals surface area contributed by atoms with E-state index in [4.69, 9.17) is 9.84 Å². The fourth-order valence-corrected chi connectivity index (χ4v) is 2.14. The maximum Gasteiger partial charge on any atom is 0.269 e. The van der Waals surface area contributed by atoms with Crippen LogP contribution in [0.4, 0.5) is 0 Å². The highest BCUT2D eigenvalue weighted by Crippen LogP contribution is 2.26. The third kappa shape index (κ3) is 1.76. The van der Waals surface area contributed by atoms with E-state index in [0.717, 1.165) is 11.2 Å². The lowest BCUT2D eigenvalue weighted by Gasteiger charge is -2.34. The number of fused-ring (bicyclic) bond motifs is 1. The summed E-state index contributed by atoms with van der Waals surface area (Å²) in [5, 5.41) is 52.8. The van der Waals surface area contributed by atoms with Crippen LogP contribution in [-0.2, 0) is 9.68 Å². The van der Waals surface area contributed by atoms with Crippen molar-refractivity contribution in [2.75, 3.05) is 6.61 Å². The van der Waals surface area contributed by atoms with Crippen LogP contribution >= 0.6 is 0 Å². The van der Waals surface area contributed by atoms with Crippen LogP contribution in [0.3, 0.4) is 0 Å². The van der Waals surface area contributed by atoms with Gasteiger partial charge in [0.1, 0.15) is 18.3 Å². The minimum atomic E-state index is -1.42. The Labute approximate surface area is 111 Å². The SMILES string of the molecule is [O-]C1=C2C(=NO[NH+]2O)N=CN1[C@@H]1O[C@@H](CO)[C@@H](O)[C@H]1O. The lowest BCUT2D eigenvalue weighted by atomic mass is 10.1. The van der Waals surface area contributed by atoms with E-state index in [-0.39, 0.29) is 11.5 Å². The molecule has 0 aromatic rings. The molecule has 0 aromatic carbocycles.